The highest BCUT2D eigenvalue weighted by atomic mass is 35.5. The standard InChI is InChI=1S/C12H16F3N3OS.ClH/c13-12(14,15)8-2-5-18(6-3-8)11(19)9-7-20-10(17-9)1-4-16;/h7-8H,1-6,16H2;1H. The summed E-state index contributed by atoms with van der Waals surface area (Å²) < 4.78 is 37.7. The molecule has 0 aromatic carbocycles. The van der Waals surface area contributed by atoms with Gasteiger partial charge in [0.1, 0.15) is 5.69 Å². The molecule has 1 aliphatic heterocycles. The van der Waals surface area contributed by atoms with Gasteiger partial charge in [0.05, 0.1) is 10.9 Å². The number of halogens is 4. The summed E-state index contributed by atoms with van der Waals surface area (Å²) in [6.07, 6.45) is -3.62. The summed E-state index contributed by atoms with van der Waals surface area (Å²) in [5.74, 6) is -1.58. The van der Waals surface area contributed by atoms with Crippen LogP contribution < -0.4 is 5.73 Å². The quantitative estimate of drug-likeness (QED) is 0.917. The van der Waals surface area contributed by atoms with Gasteiger partial charge in [0.2, 0.25) is 0 Å². The molecule has 0 saturated carbocycles. The van der Waals surface area contributed by atoms with E-state index in [1.165, 1.54) is 16.2 Å². The van der Waals surface area contributed by atoms with Crippen molar-refractivity contribution in [3.63, 3.8) is 0 Å². The fourth-order valence-electron chi connectivity index (χ4n) is 2.22. The lowest BCUT2D eigenvalue weighted by Gasteiger charge is -2.32. The van der Waals surface area contributed by atoms with Crippen molar-refractivity contribution >= 4 is 29.7 Å². The average Bonchev–Trinajstić information content (AvgIpc) is 2.86. The van der Waals surface area contributed by atoms with Gasteiger partial charge in [-0.15, -0.1) is 23.7 Å². The summed E-state index contributed by atoms with van der Waals surface area (Å²) in [5, 5.41) is 2.42. The Morgan fingerprint density at radius 1 is 1.43 bits per heavy atom. The van der Waals surface area contributed by atoms with E-state index in [1.807, 2.05) is 0 Å². The van der Waals surface area contributed by atoms with Gasteiger partial charge in [-0.05, 0) is 19.4 Å². The first kappa shape index (κ1) is 18.2. The zero-order chi connectivity index (χ0) is 14.8. The molecule has 1 aromatic heterocycles. The summed E-state index contributed by atoms with van der Waals surface area (Å²) in [4.78, 5) is 17.7. The van der Waals surface area contributed by atoms with E-state index >= 15 is 0 Å². The lowest BCUT2D eigenvalue weighted by Crippen LogP contribution is -2.42. The van der Waals surface area contributed by atoms with Crippen molar-refractivity contribution in [1.29, 1.82) is 0 Å². The minimum Gasteiger partial charge on any atom is -0.337 e. The van der Waals surface area contributed by atoms with Gasteiger partial charge in [0, 0.05) is 24.9 Å². The number of thiazole rings is 1. The third kappa shape index (κ3) is 4.55. The number of alkyl halides is 3. The predicted molar refractivity (Wildman–Crippen MR) is 76.8 cm³/mol. The molecular weight excluding hydrogens is 327 g/mol. The van der Waals surface area contributed by atoms with Gasteiger partial charge in [-0.2, -0.15) is 13.2 Å². The molecule has 1 fully saturated rings. The Bertz CT molecular complexity index is 473. The van der Waals surface area contributed by atoms with E-state index in [2.05, 4.69) is 4.98 Å². The highest BCUT2D eigenvalue weighted by Gasteiger charge is 2.41. The number of amides is 1. The van der Waals surface area contributed by atoms with Gasteiger partial charge in [0.25, 0.3) is 5.91 Å². The molecule has 0 unspecified atom stereocenters. The van der Waals surface area contributed by atoms with Crippen molar-refractivity contribution in [2.75, 3.05) is 19.6 Å². The molecule has 1 aliphatic rings. The third-order valence-corrected chi connectivity index (χ3v) is 4.28. The number of aromatic nitrogens is 1. The molecule has 0 atom stereocenters. The minimum atomic E-state index is -4.16. The first-order chi connectivity index (χ1) is 9.41. The first-order valence-electron chi connectivity index (χ1n) is 6.42. The normalized spacial score (nSPS) is 16.7. The van der Waals surface area contributed by atoms with Crippen LogP contribution in [-0.2, 0) is 6.42 Å². The van der Waals surface area contributed by atoms with Gasteiger partial charge in [0.15, 0.2) is 0 Å². The number of carbonyl (C=O) groups is 1. The van der Waals surface area contributed by atoms with E-state index < -0.39 is 12.1 Å². The Morgan fingerprint density at radius 3 is 2.57 bits per heavy atom. The van der Waals surface area contributed by atoms with E-state index in [0.29, 0.717) is 18.7 Å². The maximum absolute atomic E-state index is 12.6. The molecule has 2 rings (SSSR count). The average molecular weight is 344 g/mol. The van der Waals surface area contributed by atoms with Crippen molar-refractivity contribution in [3.8, 4) is 0 Å². The predicted octanol–water partition coefficient (Wildman–Crippen LogP) is 2.48. The molecule has 120 valence electrons. The number of carbonyl (C=O) groups excluding carboxylic acids is 1. The van der Waals surface area contributed by atoms with E-state index in [4.69, 9.17) is 5.73 Å². The van der Waals surface area contributed by atoms with Crippen molar-refractivity contribution in [2.45, 2.75) is 25.4 Å². The Labute approximate surface area is 130 Å². The SMILES string of the molecule is Cl.NCCc1nc(C(=O)N2CCC(C(F)(F)F)CC2)cs1. The van der Waals surface area contributed by atoms with Gasteiger partial charge in [-0.1, -0.05) is 0 Å². The van der Waals surface area contributed by atoms with Crippen LogP contribution in [0.4, 0.5) is 13.2 Å². The van der Waals surface area contributed by atoms with Crippen molar-refractivity contribution in [2.24, 2.45) is 11.7 Å². The van der Waals surface area contributed by atoms with Crippen LogP contribution >= 0.6 is 23.7 Å². The van der Waals surface area contributed by atoms with Gasteiger partial charge >= 0.3 is 6.18 Å². The molecule has 1 amide bonds. The van der Waals surface area contributed by atoms with E-state index in [0.717, 1.165) is 5.01 Å². The Kier molecular flexibility index (Phi) is 6.42. The summed E-state index contributed by atoms with van der Waals surface area (Å²) in [6, 6.07) is 0. The van der Waals surface area contributed by atoms with Gasteiger partial charge in [-0.25, -0.2) is 4.98 Å². The van der Waals surface area contributed by atoms with Crippen LogP contribution in [0.1, 0.15) is 28.3 Å². The molecule has 0 aliphatic carbocycles. The van der Waals surface area contributed by atoms with Crippen molar-refractivity contribution in [1.82, 2.24) is 9.88 Å². The summed E-state index contributed by atoms with van der Waals surface area (Å²) in [5.41, 5.74) is 5.72. The Morgan fingerprint density at radius 2 is 2.05 bits per heavy atom. The van der Waals surface area contributed by atoms with Crippen LogP contribution in [0.15, 0.2) is 5.38 Å². The molecule has 0 spiro atoms. The van der Waals surface area contributed by atoms with E-state index in [-0.39, 0.29) is 44.2 Å². The highest BCUT2D eigenvalue weighted by Crippen LogP contribution is 2.34. The second-order valence-corrected chi connectivity index (χ2v) is 5.72. The molecule has 2 heterocycles. The second-order valence-electron chi connectivity index (χ2n) is 4.77. The Hall–Kier alpha value is -0.860. The number of likely N-dealkylation sites (tertiary alicyclic amines) is 1. The third-order valence-electron chi connectivity index (χ3n) is 3.37. The molecule has 0 bridgehead atoms. The summed E-state index contributed by atoms with van der Waals surface area (Å²) in [6.45, 7) is 0.720. The molecule has 9 heteroatoms. The van der Waals surface area contributed by atoms with E-state index in [1.54, 1.807) is 5.38 Å². The molecule has 1 saturated heterocycles. The monoisotopic (exact) mass is 343 g/mol. The number of hydrogen-bond acceptors (Lipinski definition) is 4. The number of nitrogens with zero attached hydrogens (tertiary/aromatic N) is 2. The smallest absolute Gasteiger partial charge is 0.337 e. The van der Waals surface area contributed by atoms with Gasteiger partial charge < -0.3 is 10.6 Å². The maximum atomic E-state index is 12.6. The zero-order valence-corrected chi connectivity index (χ0v) is 12.9. The molecule has 2 N–H and O–H groups in total. The van der Waals surface area contributed by atoms with Crippen LogP contribution in [0.5, 0.6) is 0 Å². The van der Waals surface area contributed by atoms with Crippen molar-refractivity contribution < 1.29 is 18.0 Å². The second kappa shape index (κ2) is 7.42. The van der Waals surface area contributed by atoms with Crippen LogP contribution in [-0.4, -0.2) is 41.6 Å². The van der Waals surface area contributed by atoms with Crippen LogP contribution in [0, 0.1) is 5.92 Å². The van der Waals surface area contributed by atoms with Crippen LogP contribution in [0.3, 0.4) is 0 Å². The summed E-state index contributed by atoms with van der Waals surface area (Å²) in [7, 11) is 0. The van der Waals surface area contributed by atoms with Crippen molar-refractivity contribution in [3.05, 3.63) is 16.1 Å². The molecule has 0 radical (unpaired) electrons. The fraction of sp³-hybridized carbons (Fsp3) is 0.667. The number of nitrogens with two attached hydrogens (primary N) is 1. The minimum absolute atomic E-state index is 0. The lowest BCUT2D eigenvalue weighted by atomic mass is 9.96. The Balaban J connectivity index is 0.00000220. The molecule has 21 heavy (non-hydrogen) atoms. The lowest BCUT2D eigenvalue weighted by molar-refractivity contribution is -0.183. The first-order valence-corrected chi connectivity index (χ1v) is 7.30. The van der Waals surface area contributed by atoms with Gasteiger partial charge in [-0.3, -0.25) is 4.79 Å². The van der Waals surface area contributed by atoms with Crippen LogP contribution in [0.25, 0.3) is 0 Å². The van der Waals surface area contributed by atoms with Crippen LogP contribution in [0.2, 0.25) is 0 Å². The largest absolute Gasteiger partial charge is 0.391 e. The topological polar surface area (TPSA) is 59.2 Å². The molecular formula is C12H17ClF3N3OS. The number of hydrogen-bond donors (Lipinski definition) is 1. The number of rotatable bonds is 3. The molecule has 1 aromatic rings. The molecule has 4 nitrogen and oxygen atoms in total. The zero-order valence-electron chi connectivity index (χ0n) is 11.2. The highest BCUT2D eigenvalue weighted by molar-refractivity contribution is 7.09. The van der Waals surface area contributed by atoms with E-state index in [9.17, 15) is 18.0 Å². The fourth-order valence-corrected chi connectivity index (χ4v) is 3.01. The maximum Gasteiger partial charge on any atom is 0.391 e. The number of piperidine rings is 1. The summed E-state index contributed by atoms with van der Waals surface area (Å²) >= 11 is 1.35.